The van der Waals surface area contributed by atoms with E-state index in [1.165, 1.54) is 167 Å². The van der Waals surface area contributed by atoms with Crippen LogP contribution in [-0.4, -0.2) is 37.2 Å². The SMILES string of the molecule is CCCCCCCC/C=C\CCCCCCCC(=O)OCC(COC(=O)CCCCCCCCCCC)OC(=O)CCCCCCCCCCCCCCCC. The van der Waals surface area contributed by atoms with E-state index in [-0.39, 0.29) is 31.1 Å². The second-order valence-electron chi connectivity index (χ2n) is 16.7. The van der Waals surface area contributed by atoms with E-state index >= 15 is 0 Å². The molecule has 0 heterocycles. The van der Waals surface area contributed by atoms with Crippen molar-refractivity contribution in [1.29, 1.82) is 0 Å². The third kappa shape index (κ3) is 43.3. The summed E-state index contributed by atoms with van der Waals surface area (Å²) in [6.07, 6.45) is 49.1. The van der Waals surface area contributed by atoms with Crippen molar-refractivity contribution in [2.45, 2.75) is 277 Å². The molecule has 1 atom stereocenters. The van der Waals surface area contributed by atoms with Gasteiger partial charge in [0.1, 0.15) is 13.2 Å². The van der Waals surface area contributed by atoms with Gasteiger partial charge >= 0.3 is 17.9 Å². The largest absolute Gasteiger partial charge is 0.462 e. The van der Waals surface area contributed by atoms with E-state index in [9.17, 15) is 14.4 Å². The molecule has 0 radical (unpaired) electrons. The fraction of sp³-hybridized carbons (Fsp3) is 0.900. The van der Waals surface area contributed by atoms with E-state index in [4.69, 9.17) is 14.2 Å². The molecule has 0 spiro atoms. The Balaban J connectivity index is 4.31. The van der Waals surface area contributed by atoms with Gasteiger partial charge in [0, 0.05) is 19.3 Å². The maximum absolute atomic E-state index is 12.7. The summed E-state index contributed by atoms with van der Waals surface area (Å²) in [5.41, 5.74) is 0. The van der Waals surface area contributed by atoms with E-state index in [1.54, 1.807) is 0 Å². The number of ether oxygens (including phenoxy) is 3. The molecule has 6 nitrogen and oxygen atoms in total. The van der Waals surface area contributed by atoms with E-state index in [1.807, 2.05) is 0 Å². The first kappa shape index (κ1) is 54.2. The summed E-state index contributed by atoms with van der Waals surface area (Å²) in [4.78, 5) is 37.8. The van der Waals surface area contributed by atoms with Crippen LogP contribution in [0.5, 0.6) is 0 Å². The lowest BCUT2D eigenvalue weighted by atomic mass is 10.0. The maximum Gasteiger partial charge on any atom is 0.306 e. The van der Waals surface area contributed by atoms with Crippen molar-refractivity contribution in [3.63, 3.8) is 0 Å². The smallest absolute Gasteiger partial charge is 0.306 e. The first-order chi connectivity index (χ1) is 27.5. The van der Waals surface area contributed by atoms with Crippen LogP contribution in [0.3, 0.4) is 0 Å². The average Bonchev–Trinajstić information content (AvgIpc) is 3.19. The lowest BCUT2D eigenvalue weighted by Gasteiger charge is -2.18. The molecular formula is C50H94O6. The van der Waals surface area contributed by atoms with Crippen molar-refractivity contribution in [3.05, 3.63) is 12.2 Å². The normalized spacial score (nSPS) is 12.0. The van der Waals surface area contributed by atoms with Crippen LogP contribution in [-0.2, 0) is 28.6 Å². The Labute approximate surface area is 348 Å². The highest BCUT2D eigenvalue weighted by molar-refractivity contribution is 5.71. The van der Waals surface area contributed by atoms with Gasteiger partial charge in [-0.1, -0.05) is 219 Å². The minimum Gasteiger partial charge on any atom is -0.462 e. The van der Waals surface area contributed by atoms with Crippen molar-refractivity contribution in [2.24, 2.45) is 0 Å². The highest BCUT2D eigenvalue weighted by Crippen LogP contribution is 2.16. The molecule has 6 heteroatoms. The molecule has 0 fully saturated rings. The third-order valence-corrected chi connectivity index (χ3v) is 11.0. The molecule has 0 amide bonds. The molecule has 0 bridgehead atoms. The van der Waals surface area contributed by atoms with Crippen molar-refractivity contribution >= 4 is 17.9 Å². The topological polar surface area (TPSA) is 78.9 Å². The Morgan fingerprint density at radius 2 is 0.589 bits per heavy atom. The van der Waals surface area contributed by atoms with E-state index in [0.717, 1.165) is 64.2 Å². The summed E-state index contributed by atoms with van der Waals surface area (Å²) in [6, 6.07) is 0. The highest BCUT2D eigenvalue weighted by Gasteiger charge is 2.19. The Hall–Kier alpha value is -1.85. The van der Waals surface area contributed by atoms with E-state index < -0.39 is 6.10 Å². The zero-order chi connectivity index (χ0) is 40.8. The number of hydrogen-bond acceptors (Lipinski definition) is 6. The Morgan fingerprint density at radius 3 is 0.893 bits per heavy atom. The van der Waals surface area contributed by atoms with Crippen LogP contribution in [0, 0.1) is 0 Å². The standard InChI is InChI=1S/C50H94O6/c1-4-7-10-13-16-19-21-23-25-27-28-31-34-37-40-43-49(52)55-46-47(45-54-48(51)42-39-36-33-30-18-15-12-9-6-3)56-50(53)44-41-38-35-32-29-26-24-22-20-17-14-11-8-5-2/h23,25,47H,4-22,24,26-46H2,1-3H3/b25-23-. The molecule has 0 saturated heterocycles. The zero-order valence-corrected chi connectivity index (χ0v) is 37.7. The highest BCUT2D eigenvalue weighted by atomic mass is 16.6. The predicted molar refractivity (Wildman–Crippen MR) is 238 cm³/mol. The molecule has 0 aliphatic carbocycles. The van der Waals surface area contributed by atoms with Gasteiger partial charge < -0.3 is 14.2 Å². The first-order valence-electron chi connectivity index (χ1n) is 24.7. The first-order valence-corrected chi connectivity index (χ1v) is 24.7. The molecule has 0 rings (SSSR count). The molecule has 1 unspecified atom stereocenters. The fourth-order valence-corrected chi connectivity index (χ4v) is 7.26. The molecular weight excluding hydrogens is 697 g/mol. The number of allylic oxidation sites excluding steroid dienone is 2. The quantitative estimate of drug-likeness (QED) is 0.0264. The molecule has 0 aromatic heterocycles. The maximum atomic E-state index is 12.7. The van der Waals surface area contributed by atoms with Crippen LogP contribution >= 0.6 is 0 Å². The molecule has 0 aromatic rings. The van der Waals surface area contributed by atoms with Gasteiger partial charge in [0.05, 0.1) is 0 Å². The van der Waals surface area contributed by atoms with Gasteiger partial charge in [0.25, 0.3) is 0 Å². The number of hydrogen-bond donors (Lipinski definition) is 0. The van der Waals surface area contributed by atoms with Crippen LogP contribution in [0.15, 0.2) is 12.2 Å². The molecule has 0 aliphatic heterocycles. The molecule has 0 aromatic carbocycles. The van der Waals surface area contributed by atoms with Gasteiger partial charge in [-0.25, -0.2) is 0 Å². The summed E-state index contributed by atoms with van der Waals surface area (Å²) in [5.74, 6) is -0.866. The van der Waals surface area contributed by atoms with Crippen LogP contribution in [0.2, 0.25) is 0 Å². The molecule has 0 saturated carbocycles. The zero-order valence-electron chi connectivity index (χ0n) is 37.7. The van der Waals surface area contributed by atoms with Gasteiger partial charge in [-0.15, -0.1) is 0 Å². The Morgan fingerprint density at radius 1 is 0.339 bits per heavy atom. The molecule has 0 N–H and O–H groups in total. The van der Waals surface area contributed by atoms with Crippen molar-refractivity contribution < 1.29 is 28.6 Å². The van der Waals surface area contributed by atoms with Crippen molar-refractivity contribution in [3.8, 4) is 0 Å². The second kappa shape index (κ2) is 45.8. The summed E-state index contributed by atoms with van der Waals surface area (Å²) >= 11 is 0. The van der Waals surface area contributed by atoms with Gasteiger partial charge in [-0.3, -0.25) is 14.4 Å². The van der Waals surface area contributed by atoms with Crippen molar-refractivity contribution in [2.75, 3.05) is 13.2 Å². The van der Waals surface area contributed by atoms with Crippen molar-refractivity contribution in [1.82, 2.24) is 0 Å². The number of carbonyl (C=O) groups is 3. The number of unbranched alkanes of at least 4 members (excludes halogenated alkanes) is 32. The minimum absolute atomic E-state index is 0.0680. The average molecular weight is 791 g/mol. The van der Waals surface area contributed by atoms with Gasteiger partial charge in [0.2, 0.25) is 0 Å². The van der Waals surface area contributed by atoms with Crippen LogP contribution in [0.1, 0.15) is 271 Å². The lowest BCUT2D eigenvalue weighted by Crippen LogP contribution is -2.30. The third-order valence-electron chi connectivity index (χ3n) is 11.0. The van der Waals surface area contributed by atoms with Crippen LogP contribution in [0.25, 0.3) is 0 Å². The molecule has 330 valence electrons. The van der Waals surface area contributed by atoms with Gasteiger partial charge in [0.15, 0.2) is 6.10 Å². The number of carbonyl (C=O) groups excluding carboxylic acids is 3. The summed E-state index contributed by atoms with van der Waals surface area (Å²) in [6.45, 7) is 6.63. The van der Waals surface area contributed by atoms with E-state index in [0.29, 0.717) is 19.3 Å². The minimum atomic E-state index is -0.765. The van der Waals surface area contributed by atoms with Gasteiger partial charge in [-0.05, 0) is 44.9 Å². The monoisotopic (exact) mass is 791 g/mol. The van der Waals surface area contributed by atoms with Crippen LogP contribution < -0.4 is 0 Å². The molecule has 56 heavy (non-hydrogen) atoms. The van der Waals surface area contributed by atoms with E-state index in [2.05, 4.69) is 32.9 Å². The predicted octanol–water partition coefficient (Wildman–Crippen LogP) is 15.8. The van der Waals surface area contributed by atoms with Gasteiger partial charge in [-0.2, -0.15) is 0 Å². The summed E-state index contributed by atoms with van der Waals surface area (Å²) < 4.78 is 16.7. The number of rotatable bonds is 45. The molecule has 0 aliphatic rings. The summed E-state index contributed by atoms with van der Waals surface area (Å²) in [7, 11) is 0. The van der Waals surface area contributed by atoms with Crippen LogP contribution in [0.4, 0.5) is 0 Å². The lowest BCUT2D eigenvalue weighted by molar-refractivity contribution is -0.167. The number of esters is 3. The Bertz CT molecular complexity index is 870. The second-order valence-corrected chi connectivity index (χ2v) is 16.7. The summed E-state index contributed by atoms with van der Waals surface area (Å²) in [5, 5.41) is 0. The Kier molecular flexibility index (Phi) is 44.3. The fourth-order valence-electron chi connectivity index (χ4n) is 7.26.